The number of aliphatic carboxylic acids is 1. The minimum absolute atomic E-state index is 0.0248. The summed E-state index contributed by atoms with van der Waals surface area (Å²) < 4.78 is 6.40. The van der Waals surface area contributed by atoms with Crippen LogP contribution in [0, 0.1) is 0 Å². The normalized spacial score (nSPS) is 23.6. The fourth-order valence-electron chi connectivity index (χ4n) is 1.87. The molecule has 0 saturated carbocycles. The summed E-state index contributed by atoms with van der Waals surface area (Å²) in [5, 5.41) is 12.1. The number of hydrogen-bond acceptors (Lipinski definition) is 3. The third-order valence-electron chi connectivity index (χ3n) is 2.78. The van der Waals surface area contributed by atoms with E-state index in [2.05, 4.69) is 21.2 Å². The number of hydrogen-bond donors (Lipinski definition) is 2. The second kappa shape index (κ2) is 5.51. The summed E-state index contributed by atoms with van der Waals surface area (Å²) in [6.45, 7) is 0.631. The summed E-state index contributed by atoms with van der Waals surface area (Å²) in [4.78, 5) is 10.7. The molecule has 2 N–H and O–H groups in total. The van der Waals surface area contributed by atoms with E-state index in [1.54, 1.807) is 0 Å². The molecule has 4 nitrogen and oxygen atoms in total. The number of carboxylic acid groups (broad SMARTS) is 1. The van der Waals surface area contributed by atoms with Crippen LogP contribution < -0.4 is 5.32 Å². The van der Waals surface area contributed by atoms with Gasteiger partial charge in [-0.15, -0.1) is 0 Å². The minimum atomic E-state index is -0.867. The number of benzene rings is 1. The van der Waals surface area contributed by atoms with Gasteiger partial charge in [-0.2, -0.15) is 0 Å². The fourth-order valence-corrected chi connectivity index (χ4v) is 2.29. The Morgan fingerprint density at radius 2 is 2.24 bits per heavy atom. The average molecular weight is 300 g/mol. The van der Waals surface area contributed by atoms with Crippen LogP contribution in [0.2, 0.25) is 0 Å². The Morgan fingerprint density at radius 1 is 1.47 bits per heavy atom. The average Bonchev–Trinajstić information content (AvgIpc) is 2.77. The molecule has 0 aliphatic carbocycles. The molecule has 1 aromatic carbocycles. The van der Waals surface area contributed by atoms with Gasteiger partial charge in [0.2, 0.25) is 0 Å². The first-order valence-electron chi connectivity index (χ1n) is 5.53. The number of nitrogens with one attached hydrogen (secondary N) is 1. The molecule has 0 aromatic heterocycles. The van der Waals surface area contributed by atoms with Gasteiger partial charge in [0.25, 0.3) is 0 Å². The van der Waals surface area contributed by atoms with Crippen LogP contribution in [0.15, 0.2) is 28.7 Å². The lowest BCUT2D eigenvalue weighted by Crippen LogP contribution is -2.24. The molecule has 17 heavy (non-hydrogen) atoms. The summed E-state index contributed by atoms with van der Waals surface area (Å²) in [7, 11) is 0. The lowest BCUT2D eigenvalue weighted by atomic mass is 10.2. The molecular weight excluding hydrogens is 286 g/mol. The summed E-state index contributed by atoms with van der Waals surface area (Å²) in [6.07, 6.45) is 0.718. The first-order valence-corrected chi connectivity index (χ1v) is 6.33. The second-order valence-electron chi connectivity index (χ2n) is 4.02. The maximum absolute atomic E-state index is 10.7. The number of carbonyl (C=O) groups is 1. The summed E-state index contributed by atoms with van der Waals surface area (Å²) >= 11 is 3.44. The third-order valence-corrected chi connectivity index (χ3v) is 3.47. The van der Waals surface area contributed by atoms with E-state index in [-0.39, 0.29) is 6.10 Å². The number of rotatable bonds is 4. The van der Waals surface area contributed by atoms with Crippen molar-refractivity contribution in [3.8, 4) is 0 Å². The van der Waals surface area contributed by atoms with Crippen molar-refractivity contribution >= 4 is 27.6 Å². The van der Waals surface area contributed by atoms with Gasteiger partial charge < -0.3 is 15.2 Å². The molecule has 1 saturated heterocycles. The molecule has 1 aromatic rings. The van der Waals surface area contributed by atoms with E-state index in [1.807, 2.05) is 24.3 Å². The molecular formula is C12H14BrNO3. The van der Waals surface area contributed by atoms with Gasteiger partial charge in [0.15, 0.2) is 6.10 Å². The molecule has 0 bridgehead atoms. The largest absolute Gasteiger partial charge is 0.479 e. The van der Waals surface area contributed by atoms with Gasteiger partial charge >= 0.3 is 5.97 Å². The standard InChI is InChI=1S/C12H14BrNO3/c13-9-3-1-2-4-10(9)14-7-8-5-6-11(17-8)12(15)16/h1-4,8,11,14H,5-7H2,(H,15,16). The monoisotopic (exact) mass is 299 g/mol. The predicted octanol–water partition coefficient (Wildman–Crippen LogP) is 2.49. The molecule has 92 valence electrons. The van der Waals surface area contributed by atoms with E-state index < -0.39 is 12.1 Å². The summed E-state index contributed by atoms with van der Waals surface area (Å²) in [5.74, 6) is -0.867. The Hall–Kier alpha value is -1.07. The van der Waals surface area contributed by atoms with Crippen LogP contribution in [0.4, 0.5) is 5.69 Å². The van der Waals surface area contributed by atoms with Crippen LogP contribution in [-0.2, 0) is 9.53 Å². The molecule has 2 rings (SSSR count). The van der Waals surface area contributed by atoms with Gasteiger partial charge in [0.1, 0.15) is 0 Å². The molecule has 1 aliphatic heterocycles. The summed E-state index contributed by atoms with van der Waals surface area (Å²) in [5.41, 5.74) is 0.995. The number of para-hydroxylation sites is 1. The maximum atomic E-state index is 10.7. The van der Waals surface area contributed by atoms with Gasteiger partial charge in [-0.05, 0) is 40.9 Å². The maximum Gasteiger partial charge on any atom is 0.332 e. The first-order chi connectivity index (χ1) is 8.16. The molecule has 1 heterocycles. The van der Waals surface area contributed by atoms with Crippen LogP contribution in [0.1, 0.15) is 12.8 Å². The number of ether oxygens (including phenoxy) is 1. The number of carboxylic acids is 1. The quantitative estimate of drug-likeness (QED) is 0.897. The Morgan fingerprint density at radius 3 is 2.88 bits per heavy atom. The van der Waals surface area contributed by atoms with Gasteiger partial charge in [-0.1, -0.05) is 12.1 Å². The van der Waals surface area contributed by atoms with Crippen molar-refractivity contribution in [1.29, 1.82) is 0 Å². The third kappa shape index (κ3) is 3.20. The van der Waals surface area contributed by atoms with Crippen molar-refractivity contribution in [2.45, 2.75) is 25.0 Å². The fraction of sp³-hybridized carbons (Fsp3) is 0.417. The van der Waals surface area contributed by atoms with E-state index in [4.69, 9.17) is 9.84 Å². The highest BCUT2D eigenvalue weighted by atomic mass is 79.9. The zero-order chi connectivity index (χ0) is 12.3. The van der Waals surface area contributed by atoms with Gasteiger partial charge in [0, 0.05) is 16.7 Å². The van der Waals surface area contributed by atoms with Gasteiger partial charge in [-0.25, -0.2) is 4.79 Å². The first kappa shape index (κ1) is 12.4. The van der Waals surface area contributed by atoms with Crippen LogP contribution in [0.5, 0.6) is 0 Å². The zero-order valence-corrected chi connectivity index (χ0v) is 10.8. The van der Waals surface area contributed by atoms with Crippen LogP contribution in [0.25, 0.3) is 0 Å². The van der Waals surface area contributed by atoms with Crippen LogP contribution in [-0.4, -0.2) is 29.8 Å². The predicted molar refractivity (Wildman–Crippen MR) is 68.2 cm³/mol. The lowest BCUT2D eigenvalue weighted by Gasteiger charge is -2.14. The minimum Gasteiger partial charge on any atom is -0.479 e. The highest BCUT2D eigenvalue weighted by molar-refractivity contribution is 9.10. The van der Waals surface area contributed by atoms with Crippen LogP contribution in [0.3, 0.4) is 0 Å². The van der Waals surface area contributed by atoms with Gasteiger partial charge in [0.05, 0.1) is 6.10 Å². The van der Waals surface area contributed by atoms with Crippen molar-refractivity contribution in [1.82, 2.24) is 0 Å². The molecule has 2 unspecified atom stereocenters. The number of anilines is 1. The smallest absolute Gasteiger partial charge is 0.332 e. The number of halogens is 1. The highest BCUT2D eigenvalue weighted by Crippen LogP contribution is 2.24. The van der Waals surface area contributed by atoms with Crippen molar-refractivity contribution in [2.24, 2.45) is 0 Å². The Kier molecular flexibility index (Phi) is 4.02. The highest BCUT2D eigenvalue weighted by Gasteiger charge is 2.30. The van der Waals surface area contributed by atoms with Crippen molar-refractivity contribution < 1.29 is 14.6 Å². The van der Waals surface area contributed by atoms with E-state index in [0.29, 0.717) is 13.0 Å². The Labute approximate surface area is 108 Å². The van der Waals surface area contributed by atoms with E-state index in [9.17, 15) is 4.79 Å². The second-order valence-corrected chi connectivity index (χ2v) is 4.88. The van der Waals surface area contributed by atoms with Crippen molar-refractivity contribution in [3.63, 3.8) is 0 Å². The summed E-state index contributed by atoms with van der Waals surface area (Å²) in [6, 6.07) is 7.82. The topological polar surface area (TPSA) is 58.6 Å². The van der Waals surface area contributed by atoms with Crippen molar-refractivity contribution in [2.75, 3.05) is 11.9 Å². The molecule has 0 radical (unpaired) electrons. The molecule has 1 aliphatic rings. The zero-order valence-electron chi connectivity index (χ0n) is 9.23. The van der Waals surface area contributed by atoms with E-state index >= 15 is 0 Å². The lowest BCUT2D eigenvalue weighted by molar-refractivity contribution is -0.149. The molecule has 0 spiro atoms. The molecule has 0 amide bonds. The van der Waals surface area contributed by atoms with E-state index in [1.165, 1.54) is 0 Å². The van der Waals surface area contributed by atoms with Gasteiger partial charge in [-0.3, -0.25) is 0 Å². The molecule has 5 heteroatoms. The van der Waals surface area contributed by atoms with Crippen molar-refractivity contribution in [3.05, 3.63) is 28.7 Å². The molecule has 2 atom stereocenters. The SMILES string of the molecule is O=C(O)C1CCC(CNc2ccccc2Br)O1. The Bertz CT molecular complexity index is 410. The van der Waals surface area contributed by atoms with E-state index in [0.717, 1.165) is 16.6 Å². The van der Waals surface area contributed by atoms with Crippen LogP contribution >= 0.6 is 15.9 Å². The Balaban J connectivity index is 1.84. The molecule has 1 fully saturated rings.